The predicted molar refractivity (Wildman–Crippen MR) is 68.0 cm³/mol. The van der Waals surface area contributed by atoms with Gasteiger partial charge in [-0.05, 0) is 27.7 Å². The Morgan fingerprint density at radius 2 is 1.84 bits per heavy atom. The third-order valence-corrected chi connectivity index (χ3v) is 2.78. The maximum atomic E-state index is 12.1. The standard InChI is InChI=1S/C13H18N2O4/c1-5-15-9(4)12(8(3)14-15)10(16)7-11(17)13(18)19-6-2/h5-7H2,1-4H3. The first kappa shape index (κ1) is 15.1. The summed E-state index contributed by atoms with van der Waals surface area (Å²) in [6.07, 6.45) is -0.476. The van der Waals surface area contributed by atoms with Crippen LogP contribution in [0.2, 0.25) is 0 Å². The van der Waals surface area contributed by atoms with Crippen LogP contribution in [0, 0.1) is 13.8 Å². The van der Waals surface area contributed by atoms with Crippen LogP contribution in [0.4, 0.5) is 0 Å². The molecule has 6 nitrogen and oxygen atoms in total. The maximum absolute atomic E-state index is 12.1. The number of rotatable bonds is 6. The van der Waals surface area contributed by atoms with Crippen molar-refractivity contribution < 1.29 is 19.1 Å². The van der Waals surface area contributed by atoms with Crippen LogP contribution in [-0.4, -0.2) is 33.9 Å². The topological polar surface area (TPSA) is 78.3 Å². The number of aromatic nitrogens is 2. The molecule has 0 bridgehead atoms. The summed E-state index contributed by atoms with van der Waals surface area (Å²) in [5.41, 5.74) is 1.70. The van der Waals surface area contributed by atoms with Crippen LogP contribution in [0.15, 0.2) is 0 Å². The quantitative estimate of drug-likeness (QED) is 0.335. The molecular weight excluding hydrogens is 248 g/mol. The van der Waals surface area contributed by atoms with Gasteiger partial charge in [0.2, 0.25) is 5.78 Å². The number of nitrogens with zero attached hydrogens (tertiary/aromatic N) is 2. The molecule has 0 saturated heterocycles. The number of Topliss-reactive ketones (excluding diaryl/α,β-unsaturated/α-hetero) is 2. The van der Waals surface area contributed by atoms with Crippen molar-refractivity contribution in [1.82, 2.24) is 9.78 Å². The Labute approximate surface area is 111 Å². The summed E-state index contributed by atoms with van der Waals surface area (Å²) in [6.45, 7) is 7.76. The minimum Gasteiger partial charge on any atom is -0.460 e. The SMILES string of the molecule is CCOC(=O)C(=O)CC(=O)c1c(C)nn(CC)c1C. The van der Waals surface area contributed by atoms with Gasteiger partial charge in [-0.1, -0.05) is 0 Å². The summed E-state index contributed by atoms with van der Waals surface area (Å²) in [7, 11) is 0. The Hall–Kier alpha value is -1.98. The largest absolute Gasteiger partial charge is 0.460 e. The van der Waals surface area contributed by atoms with Crippen molar-refractivity contribution in [2.75, 3.05) is 6.61 Å². The summed E-state index contributed by atoms with van der Waals surface area (Å²) < 4.78 is 6.26. The zero-order valence-electron chi connectivity index (χ0n) is 11.6. The molecule has 6 heteroatoms. The van der Waals surface area contributed by atoms with Gasteiger partial charge in [0.1, 0.15) is 0 Å². The average Bonchev–Trinajstić information content (AvgIpc) is 2.64. The molecule has 0 atom stereocenters. The van der Waals surface area contributed by atoms with E-state index in [0.717, 1.165) is 0 Å². The average molecular weight is 266 g/mol. The van der Waals surface area contributed by atoms with Crippen molar-refractivity contribution in [3.63, 3.8) is 0 Å². The van der Waals surface area contributed by atoms with E-state index in [1.165, 1.54) is 0 Å². The Kier molecular flexibility index (Phi) is 4.97. The van der Waals surface area contributed by atoms with Gasteiger partial charge in [0.05, 0.1) is 24.3 Å². The van der Waals surface area contributed by atoms with Gasteiger partial charge >= 0.3 is 5.97 Å². The number of ether oxygens (including phenoxy) is 1. The van der Waals surface area contributed by atoms with Crippen molar-refractivity contribution >= 4 is 17.5 Å². The maximum Gasteiger partial charge on any atom is 0.375 e. The Balaban J connectivity index is 2.87. The minimum atomic E-state index is -0.964. The molecule has 0 aliphatic carbocycles. The fourth-order valence-electron chi connectivity index (χ4n) is 1.93. The van der Waals surface area contributed by atoms with Gasteiger partial charge in [-0.2, -0.15) is 5.10 Å². The Morgan fingerprint density at radius 1 is 1.21 bits per heavy atom. The lowest BCUT2D eigenvalue weighted by molar-refractivity contribution is -0.153. The number of ketones is 2. The number of esters is 1. The van der Waals surface area contributed by atoms with Crippen molar-refractivity contribution in [1.29, 1.82) is 0 Å². The van der Waals surface area contributed by atoms with Gasteiger partial charge < -0.3 is 4.74 Å². The number of aryl methyl sites for hydroxylation is 2. The second kappa shape index (κ2) is 6.26. The van der Waals surface area contributed by atoms with Crippen molar-refractivity contribution in [2.24, 2.45) is 0 Å². The van der Waals surface area contributed by atoms with Crippen LogP contribution < -0.4 is 0 Å². The molecule has 1 aromatic heterocycles. The summed E-state index contributed by atoms with van der Waals surface area (Å²) >= 11 is 0. The van der Waals surface area contributed by atoms with E-state index in [0.29, 0.717) is 23.5 Å². The molecule has 0 aromatic carbocycles. The number of hydrogen-bond acceptors (Lipinski definition) is 5. The molecule has 0 aliphatic heterocycles. The van der Waals surface area contributed by atoms with Crippen LogP contribution in [-0.2, 0) is 20.9 Å². The molecule has 1 heterocycles. The highest BCUT2D eigenvalue weighted by atomic mass is 16.5. The Bertz CT molecular complexity index is 517. The van der Waals surface area contributed by atoms with Crippen molar-refractivity contribution in [3.8, 4) is 0 Å². The highest BCUT2D eigenvalue weighted by Crippen LogP contribution is 2.15. The van der Waals surface area contributed by atoms with Gasteiger partial charge in [-0.3, -0.25) is 14.3 Å². The second-order valence-corrected chi connectivity index (χ2v) is 4.11. The summed E-state index contributed by atoms with van der Waals surface area (Å²) in [5, 5.41) is 4.21. The zero-order valence-corrected chi connectivity index (χ0v) is 11.6. The lowest BCUT2D eigenvalue weighted by atomic mass is 10.0. The van der Waals surface area contributed by atoms with Crippen LogP contribution >= 0.6 is 0 Å². The van der Waals surface area contributed by atoms with E-state index in [-0.39, 0.29) is 6.61 Å². The summed E-state index contributed by atoms with van der Waals surface area (Å²) in [5.74, 6) is -2.18. The third kappa shape index (κ3) is 3.27. The fourth-order valence-corrected chi connectivity index (χ4v) is 1.93. The number of carbonyl (C=O) groups excluding carboxylic acids is 3. The van der Waals surface area contributed by atoms with E-state index >= 15 is 0 Å². The third-order valence-electron chi connectivity index (χ3n) is 2.78. The molecule has 104 valence electrons. The summed E-state index contributed by atoms with van der Waals surface area (Å²) in [4.78, 5) is 34.7. The van der Waals surface area contributed by atoms with Gasteiger partial charge in [0.25, 0.3) is 0 Å². The van der Waals surface area contributed by atoms with E-state index in [1.807, 2.05) is 6.92 Å². The molecule has 19 heavy (non-hydrogen) atoms. The lowest BCUT2D eigenvalue weighted by Crippen LogP contribution is -2.21. The Morgan fingerprint density at radius 3 is 2.32 bits per heavy atom. The first-order chi connectivity index (χ1) is 8.92. The van der Waals surface area contributed by atoms with Crippen molar-refractivity contribution in [2.45, 2.75) is 40.7 Å². The molecule has 0 saturated carbocycles. The highest BCUT2D eigenvalue weighted by molar-refractivity contribution is 6.38. The first-order valence-electron chi connectivity index (χ1n) is 6.19. The molecule has 0 aliphatic rings. The number of hydrogen-bond donors (Lipinski definition) is 0. The van der Waals surface area contributed by atoms with E-state index in [1.54, 1.807) is 25.5 Å². The van der Waals surface area contributed by atoms with E-state index in [2.05, 4.69) is 9.84 Å². The molecular formula is C13H18N2O4. The highest BCUT2D eigenvalue weighted by Gasteiger charge is 2.24. The molecule has 1 rings (SSSR count). The normalized spacial score (nSPS) is 10.3. The van der Waals surface area contributed by atoms with Crippen molar-refractivity contribution in [3.05, 3.63) is 17.0 Å². The minimum absolute atomic E-state index is 0.116. The predicted octanol–water partition coefficient (Wildman–Crippen LogP) is 1.22. The monoisotopic (exact) mass is 266 g/mol. The fraction of sp³-hybridized carbons (Fsp3) is 0.538. The number of carbonyl (C=O) groups is 3. The van der Waals surface area contributed by atoms with Crippen LogP contribution in [0.1, 0.15) is 42.0 Å². The van der Waals surface area contributed by atoms with E-state index in [9.17, 15) is 14.4 Å². The van der Waals surface area contributed by atoms with E-state index in [4.69, 9.17) is 0 Å². The smallest absolute Gasteiger partial charge is 0.375 e. The van der Waals surface area contributed by atoms with Gasteiger partial charge in [-0.25, -0.2) is 4.79 Å². The molecule has 0 fully saturated rings. The van der Waals surface area contributed by atoms with Gasteiger partial charge in [-0.15, -0.1) is 0 Å². The molecule has 0 N–H and O–H groups in total. The van der Waals surface area contributed by atoms with Crippen LogP contribution in [0.5, 0.6) is 0 Å². The summed E-state index contributed by atoms with van der Waals surface area (Å²) in [6, 6.07) is 0. The second-order valence-electron chi connectivity index (χ2n) is 4.11. The first-order valence-corrected chi connectivity index (χ1v) is 6.19. The van der Waals surface area contributed by atoms with Gasteiger partial charge in [0.15, 0.2) is 5.78 Å². The van der Waals surface area contributed by atoms with Crippen LogP contribution in [0.3, 0.4) is 0 Å². The molecule has 0 radical (unpaired) electrons. The van der Waals surface area contributed by atoms with Gasteiger partial charge in [0, 0.05) is 12.2 Å². The van der Waals surface area contributed by atoms with E-state index < -0.39 is 24.0 Å². The molecule has 0 unspecified atom stereocenters. The molecule has 0 spiro atoms. The van der Waals surface area contributed by atoms with Crippen LogP contribution in [0.25, 0.3) is 0 Å². The molecule has 1 aromatic rings. The lowest BCUT2D eigenvalue weighted by Gasteiger charge is -2.02. The zero-order chi connectivity index (χ0) is 14.6. The molecule has 0 amide bonds.